The summed E-state index contributed by atoms with van der Waals surface area (Å²) in [5.41, 5.74) is 1.16. The molecule has 0 bridgehead atoms. The van der Waals surface area contributed by atoms with Gasteiger partial charge in [-0.25, -0.2) is 8.42 Å². The third-order valence-electron chi connectivity index (χ3n) is 4.38. The van der Waals surface area contributed by atoms with Crippen molar-refractivity contribution in [3.63, 3.8) is 0 Å². The van der Waals surface area contributed by atoms with E-state index in [0.717, 1.165) is 25.1 Å². The van der Waals surface area contributed by atoms with E-state index >= 15 is 0 Å². The molecule has 1 N–H and O–H groups in total. The van der Waals surface area contributed by atoms with Crippen LogP contribution in [0, 0.1) is 5.92 Å². The first-order valence-electron chi connectivity index (χ1n) is 7.89. The van der Waals surface area contributed by atoms with Crippen LogP contribution < -0.4 is 0 Å². The van der Waals surface area contributed by atoms with Crippen molar-refractivity contribution in [2.24, 2.45) is 5.92 Å². The van der Waals surface area contributed by atoms with Crippen LogP contribution >= 0.6 is 0 Å². The molecule has 1 aromatic carbocycles. The van der Waals surface area contributed by atoms with Gasteiger partial charge >= 0.3 is 0 Å². The van der Waals surface area contributed by atoms with E-state index in [-0.39, 0.29) is 17.8 Å². The van der Waals surface area contributed by atoms with E-state index < -0.39 is 9.84 Å². The quantitative estimate of drug-likeness (QED) is 0.900. The molecule has 1 atom stereocenters. The van der Waals surface area contributed by atoms with Crippen molar-refractivity contribution in [3.8, 4) is 0 Å². The first kappa shape index (κ1) is 17.4. The number of aliphatic hydroxyl groups excluding tert-OH is 1. The molecule has 124 valence electrons. The van der Waals surface area contributed by atoms with Crippen LogP contribution in [0.3, 0.4) is 0 Å². The molecule has 5 heteroatoms. The third-order valence-corrected chi connectivity index (χ3v) is 6.09. The van der Waals surface area contributed by atoms with Crippen molar-refractivity contribution in [2.45, 2.75) is 37.5 Å². The zero-order valence-corrected chi connectivity index (χ0v) is 14.6. The Morgan fingerprint density at radius 3 is 2.36 bits per heavy atom. The van der Waals surface area contributed by atoms with E-state index in [9.17, 15) is 8.42 Å². The molecule has 2 rings (SSSR count). The maximum absolute atomic E-state index is 12.4. The lowest BCUT2D eigenvalue weighted by Crippen LogP contribution is -2.28. The molecule has 1 heterocycles. The molecular formula is C17H27NO3S. The fraction of sp³-hybridized carbons (Fsp3) is 0.647. The van der Waals surface area contributed by atoms with Gasteiger partial charge in [0.05, 0.1) is 10.6 Å². The largest absolute Gasteiger partial charge is 0.396 e. The van der Waals surface area contributed by atoms with Crippen molar-refractivity contribution < 1.29 is 13.5 Å². The van der Waals surface area contributed by atoms with Gasteiger partial charge < -0.3 is 10.0 Å². The first-order valence-corrected chi connectivity index (χ1v) is 9.54. The van der Waals surface area contributed by atoms with Gasteiger partial charge in [-0.15, -0.1) is 0 Å². The summed E-state index contributed by atoms with van der Waals surface area (Å²) in [5, 5.41) is 9.14. The number of aliphatic hydroxyl groups is 1. The molecular weight excluding hydrogens is 298 g/mol. The molecule has 1 unspecified atom stereocenters. The van der Waals surface area contributed by atoms with E-state index in [1.54, 1.807) is 12.1 Å². The second-order valence-corrected chi connectivity index (χ2v) is 9.34. The minimum absolute atomic E-state index is 0.0250. The summed E-state index contributed by atoms with van der Waals surface area (Å²) in [4.78, 5) is 2.53. The van der Waals surface area contributed by atoms with Gasteiger partial charge in [-0.1, -0.05) is 32.9 Å². The maximum Gasteiger partial charge on any atom is 0.179 e. The van der Waals surface area contributed by atoms with Crippen molar-refractivity contribution >= 4 is 9.84 Å². The minimum atomic E-state index is -3.24. The number of benzene rings is 1. The topological polar surface area (TPSA) is 57.6 Å². The van der Waals surface area contributed by atoms with E-state index in [2.05, 4.69) is 25.7 Å². The van der Waals surface area contributed by atoms with E-state index in [1.165, 1.54) is 0 Å². The average Bonchev–Trinajstić information content (AvgIpc) is 2.93. The SMILES string of the molecule is CC(C)(C)c1ccc(S(=O)(=O)CCN2CCC(CO)C2)cc1. The Balaban J connectivity index is 1.98. The predicted octanol–water partition coefficient (Wildman–Crippen LogP) is 2.07. The third kappa shape index (κ3) is 4.31. The number of rotatable bonds is 5. The lowest BCUT2D eigenvalue weighted by atomic mass is 9.87. The fourth-order valence-corrected chi connectivity index (χ4v) is 4.08. The summed E-state index contributed by atoms with van der Waals surface area (Å²) in [6.45, 7) is 8.75. The van der Waals surface area contributed by atoms with E-state index in [0.29, 0.717) is 17.4 Å². The lowest BCUT2D eigenvalue weighted by molar-refractivity contribution is 0.224. The summed E-state index contributed by atoms with van der Waals surface area (Å²) >= 11 is 0. The Hall–Kier alpha value is -0.910. The summed E-state index contributed by atoms with van der Waals surface area (Å²) in [6.07, 6.45) is 0.955. The van der Waals surface area contributed by atoms with Gasteiger partial charge in [-0.3, -0.25) is 0 Å². The highest BCUT2D eigenvalue weighted by atomic mass is 32.2. The maximum atomic E-state index is 12.4. The van der Waals surface area contributed by atoms with Crippen molar-refractivity contribution in [2.75, 3.05) is 32.0 Å². The van der Waals surface area contributed by atoms with Gasteiger partial charge in [0.15, 0.2) is 9.84 Å². The molecule has 22 heavy (non-hydrogen) atoms. The Kier molecular flexibility index (Phi) is 5.30. The number of likely N-dealkylation sites (tertiary alicyclic amines) is 1. The number of sulfone groups is 1. The summed E-state index contributed by atoms with van der Waals surface area (Å²) in [6, 6.07) is 7.25. The Bertz CT molecular complexity index is 587. The van der Waals surface area contributed by atoms with Gasteiger partial charge in [0.1, 0.15) is 0 Å². The smallest absolute Gasteiger partial charge is 0.179 e. The van der Waals surface area contributed by atoms with Gasteiger partial charge in [-0.2, -0.15) is 0 Å². The van der Waals surface area contributed by atoms with Gasteiger partial charge in [0.25, 0.3) is 0 Å². The number of nitrogens with zero attached hydrogens (tertiary/aromatic N) is 1. The molecule has 0 spiro atoms. The predicted molar refractivity (Wildman–Crippen MR) is 88.8 cm³/mol. The summed E-state index contributed by atoms with van der Waals surface area (Å²) in [5.74, 6) is 0.439. The lowest BCUT2D eigenvalue weighted by Gasteiger charge is -2.19. The molecule has 1 aliphatic rings. The number of hydrogen-bond acceptors (Lipinski definition) is 4. The van der Waals surface area contributed by atoms with Gasteiger partial charge in [0.2, 0.25) is 0 Å². The fourth-order valence-electron chi connectivity index (χ4n) is 2.79. The molecule has 1 fully saturated rings. The molecule has 0 radical (unpaired) electrons. The van der Waals surface area contributed by atoms with E-state index in [4.69, 9.17) is 5.11 Å². The van der Waals surface area contributed by atoms with Crippen LogP contribution in [0.15, 0.2) is 29.2 Å². The van der Waals surface area contributed by atoms with E-state index in [1.807, 2.05) is 12.1 Å². The standard InChI is InChI=1S/C17H27NO3S/c1-17(2,3)15-4-6-16(7-5-15)22(20,21)11-10-18-9-8-14(12-18)13-19/h4-7,14,19H,8-13H2,1-3H3. The molecule has 1 aromatic rings. The van der Waals surface area contributed by atoms with Crippen LogP contribution in [0.5, 0.6) is 0 Å². The Morgan fingerprint density at radius 1 is 1.23 bits per heavy atom. The highest BCUT2D eigenvalue weighted by Gasteiger charge is 2.24. The van der Waals surface area contributed by atoms with Crippen LogP contribution in [0.1, 0.15) is 32.8 Å². The van der Waals surface area contributed by atoms with Crippen LogP contribution in [0.4, 0.5) is 0 Å². The van der Waals surface area contributed by atoms with Crippen LogP contribution in [-0.2, 0) is 15.3 Å². The Labute approximate surface area is 134 Å². The van der Waals surface area contributed by atoms with Crippen LogP contribution in [-0.4, -0.2) is 50.4 Å². The summed E-state index contributed by atoms with van der Waals surface area (Å²) < 4.78 is 24.8. The number of hydrogen-bond donors (Lipinski definition) is 1. The highest BCUT2D eigenvalue weighted by Crippen LogP contribution is 2.24. The van der Waals surface area contributed by atoms with Gasteiger partial charge in [0, 0.05) is 19.7 Å². The second kappa shape index (κ2) is 6.69. The molecule has 4 nitrogen and oxygen atoms in total. The van der Waals surface area contributed by atoms with Crippen LogP contribution in [0.2, 0.25) is 0 Å². The molecule has 0 aromatic heterocycles. The zero-order valence-electron chi connectivity index (χ0n) is 13.7. The minimum Gasteiger partial charge on any atom is -0.396 e. The van der Waals surface area contributed by atoms with Crippen LogP contribution in [0.25, 0.3) is 0 Å². The molecule has 0 saturated carbocycles. The second-order valence-electron chi connectivity index (χ2n) is 7.23. The monoisotopic (exact) mass is 325 g/mol. The van der Waals surface area contributed by atoms with Crippen molar-refractivity contribution in [1.29, 1.82) is 0 Å². The van der Waals surface area contributed by atoms with Gasteiger partial charge in [-0.05, 0) is 42.0 Å². The summed E-state index contributed by atoms with van der Waals surface area (Å²) in [7, 11) is -3.24. The highest BCUT2D eigenvalue weighted by molar-refractivity contribution is 7.91. The Morgan fingerprint density at radius 2 is 1.86 bits per heavy atom. The zero-order chi connectivity index (χ0) is 16.4. The molecule has 0 aliphatic carbocycles. The average molecular weight is 325 g/mol. The molecule has 0 amide bonds. The van der Waals surface area contributed by atoms with Crippen molar-refractivity contribution in [1.82, 2.24) is 4.90 Å². The molecule has 1 aliphatic heterocycles. The molecule has 1 saturated heterocycles. The van der Waals surface area contributed by atoms with Crippen molar-refractivity contribution in [3.05, 3.63) is 29.8 Å². The normalized spacial score (nSPS) is 20.5. The first-order chi connectivity index (χ1) is 10.2.